The number of carbonyl (C=O) groups is 1. The zero-order valence-corrected chi connectivity index (χ0v) is 13.7. The highest BCUT2D eigenvalue weighted by Crippen LogP contribution is 2.31. The molecule has 0 unspecified atom stereocenters. The zero-order chi connectivity index (χ0) is 16.2. The summed E-state index contributed by atoms with van der Waals surface area (Å²) in [7, 11) is 1.58. The van der Waals surface area contributed by atoms with Gasteiger partial charge in [0.05, 0.1) is 24.1 Å². The molecule has 0 aliphatic rings. The number of methoxy groups -OCH3 is 1. The van der Waals surface area contributed by atoms with Gasteiger partial charge in [-0.1, -0.05) is 23.4 Å². The minimum absolute atomic E-state index is 0.00770. The number of hydrogen-bond donors (Lipinski definition) is 2. The molecule has 0 aliphatic heterocycles. The molecule has 0 bridgehead atoms. The van der Waals surface area contributed by atoms with E-state index in [9.17, 15) is 4.79 Å². The van der Waals surface area contributed by atoms with Gasteiger partial charge in [0, 0.05) is 11.2 Å². The van der Waals surface area contributed by atoms with Crippen molar-refractivity contribution in [2.45, 2.75) is 5.16 Å². The van der Waals surface area contributed by atoms with Crippen LogP contribution in [0.15, 0.2) is 41.7 Å². The number of ether oxygens (including phenoxy) is 1. The van der Waals surface area contributed by atoms with Gasteiger partial charge in [-0.25, -0.2) is 4.98 Å². The first-order chi connectivity index (χ1) is 11.2. The van der Waals surface area contributed by atoms with E-state index in [4.69, 9.17) is 16.3 Å². The molecule has 2 heterocycles. The maximum absolute atomic E-state index is 11.9. The first kappa shape index (κ1) is 15.6. The summed E-state index contributed by atoms with van der Waals surface area (Å²) in [6.07, 6.45) is 1.72. The molecule has 23 heavy (non-hydrogen) atoms. The molecular formula is C15H13ClN4O2S. The topological polar surface area (TPSA) is 83.7 Å². The molecule has 2 N–H and O–H groups in total. The number of benzene rings is 1. The first-order valence-electron chi connectivity index (χ1n) is 6.73. The van der Waals surface area contributed by atoms with Gasteiger partial charge >= 0.3 is 0 Å². The van der Waals surface area contributed by atoms with Gasteiger partial charge in [-0.15, -0.1) is 5.10 Å². The van der Waals surface area contributed by atoms with Crippen molar-refractivity contribution in [1.29, 1.82) is 0 Å². The Kier molecular flexibility index (Phi) is 4.68. The van der Waals surface area contributed by atoms with E-state index in [1.807, 2.05) is 0 Å². The van der Waals surface area contributed by atoms with Gasteiger partial charge in [-0.2, -0.15) is 0 Å². The van der Waals surface area contributed by atoms with Gasteiger partial charge in [0.25, 0.3) is 0 Å². The molecule has 3 rings (SSSR count). The largest absolute Gasteiger partial charge is 0.496 e. The smallest absolute Gasteiger partial charge is 0.209 e. The van der Waals surface area contributed by atoms with Gasteiger partial charge in [0.1, 0.15) is 5.75 Å². The molecule has 3 aromatic rings. The number of thioether (sulfide) groups is 1. The highest BCUT2D eigenvalue weighted by atomic mass is 35.5. The maximum Gasteiger partial charge on any atom is 0.209 e. The van der Waals surface area contributed by atoms with Crippen molar-refractivity contribution in [3.63, 3.8) is 0 Å². The summed E-state index contributed by atoms with van der Waals surface area (Å²) in [6, 6.07) is 8.78. The molecule has 0 aliphatic carbocycles. The second kappa shape index (κ2) is 6.89. The molecule has 0 radical (unpaired) electrons. The lowest BCUT2D eigenvalue weighted by molar-refractivity contribution is 0.101. The summed E-state index contributed by atoms with van der Waals surface area (Å²) < 4.78 is 5.30. The van der Waals surface area contributed by atoms with Crippen molar-refractivity contribution >= 4 is 29.1 Å². The highest BCUT2D eigenvalue weighted by molar-refractivity contribution is 7.99. The van der Waals surface area contributed by atoms with Crippen LogP contribution < -0.4 is 4.74 Å². The van der Waals surface area contributed by atoms with Crippen LogP contribution in [-0.2, 0) is 0 Å². The predicted octanol–water partition coefficient (Wildman–Crippen LogP) is 3.44. The van der Waals surface area contributed by atoms with E-state index in [0.717, 1.165) is 5.56 Å². The van der Waals surface area contributed by atoms with E-state index in [2.05, 4.69) is 20.2 Å². The summed E-state index contributed by atoms with van der Waals surface area (Å²) in [5.74, 6) is 1.43. The van der Waals surface area contributed by atoms with Crippen molar-refractivity contribution in [2.24, 2.45) is 0 Å². The molecule has 0 atom stereocenters. The number of nitrogens with one attached hydrogen (secondary N) is 2. The van der Waals surface area contributed by atoms with Crippen LogP contribution in [0.25, 0.3) is 11.4 Å². The average Bonchev–Trinajstić information content (AvgIpc) is 3.24. The SMILES string of the molecule is COc1ccc(Cl)cc1-c1nc(SCC(=O)c2ccc[nH]2)n[nH]1. The van der Waals surface area contributed by atoms with Crippen molar-refractivity contribution in [3.8, 4) is 17.1 Å². The molecule has 0 spiro atoms. The Hall–Kier alpha value is -2.25. The van der Waals surface area contributed by atoms with Crippen LogP contribution >= 0.6 is 23.4 Å². The minimum Gasteiger partial charge on any atom is -0.496 e. The fourth-order valence-corrected chi connectivity index (χ4v) is 2.86. The quantitative estimate of drug-likeness (QED) is 0.526. The molecular weight excluding hydrogens is 336 g/mol. The van der Waals surface area contributed by atoms with Crippen LogP contribution in [0, 0.1) is 0 Å². The molecule has 1 aromatic carbocycles. The Morgan fingerprint density at radius 1 is 1.39 bits per heavy atom. The molecule has 8 heteroatoms. The number of rotatable bonds is 6. The van der Waals surface area contributed by atoms with E-state index >= 15 is 0 Å². The number of aromatic nitrogens is 4. The van der Waals surface area contributed by atoms with Crippen LogP contribution in [0.2, 0.25) is 5.02 Å². The third-order valence-corrected chi connectivity index (χ3v) is 4.19. The fraction of sp³-hybridized carbons (Fsp3) is 0.133. The standard InChI is InChI=1S/C15H13ClN4O2S/c1-22-13-5-4-9(16)7-10(13)14-18-15(20-19-14)23-8-12(21)11-3-2-6-17-11/h2-7,17H,8H2,1H3,(H,18,19,20). The molecule has 6 nitrogen and oxygen atoms in total. The van der Waals surface area contributed by atoms with Crippen molar-refractivity contribution in [2.75, 3.05) is 12.9 Å². The Labute approximate surface area is 141 Å². The van der Waals surface area contributed by atoms with E-state index in [-0.39, 0.29) is 11.5 Å². The van der Waals surface area contributed by atoms with Crippen LogP contribution in [0.5, 0.6) is 5.75 Å². The predicted molar refractivity (Wildman–Crippen MR) is 89.2 cm³/mol. The fourth-order valence-electron chi connectivity index (χ4n) is 2.01. The average molecular weight is 349 g/mol. The summed E-state index contributed by atoms with van der Waals surface area (Å²) in [6.45, 7) is 0. The van der Waals surface area contributed by atoms with Crippen molar-refractivity contribution in [1.82, 2.24) is 20.2 Å². The van der Waals surface area contributed by atoms with Crippen LogP contribution in [0.4, 0.5) is 0 Å². The number of H-pyrrole nitrogens is 2. The number of aromatic amines is 2. The summed E-state index contributed by atoms with van der Waals surface area (Å²) in [4.78, 5) is 19.2. The lowest BCUT2D eigenvalue weighted by Gasteiger charge is -2.05. The van der Waals surface area contributed by atoms with Gasteiger partial charge < -0.3 is 9.72 Å². The Bertz CT molecular complexity index is 817. The second-order valence-corrected chi connectivity index (χ2v) is 5.99. The number of ketones is 1. The zero-order valence-electron chi connectivity index (χ0n) is 12.2. The maximum atomic E-state index is 11.9. The van der Waals surface area contributed by atoms with Crippen molar-refractivity contribution < 1.29 is 9.53 Å². The second-order valence-electron chi connectivity index (χ2n) is 4.61. The van der Waals surface area contributed by atoms with E-state index < -0.39 is 0 Å². The van der Waals surface area contributed by atoms with E-state index in [0.29, 0.717) is 27.4 Å². The number of carbonyl (C=O) groups excluding carboxylic acids is 1. The highest BCUT2D eigenvalue weighted by Gasteiger charge is 2.14. The molecule has 0 saturated heterocycles. The molecule has 118 valence electrons. The molecule has 2 aromatic heterocycles. The molecule has 0 saturated carbocycles. The summed E-state index contributed by atoms with van der Waals surface area (Å²) >= 11 is 7.28. The number of hydrogen-bond acceptors (Lipinski definition) is 5. The Morgan fingerprint density at radius 3 is 3.00 bits per heavy atom. The van der Waals surface area contributed by atoms with E-state index in [1.165, 1.54) is 11.8 Å². The molecule has 0 amide bonds. The summed E-state index contributed by atoms with van der Waals surface area (Å²) in [5, 5.41) is 8.02. The molecule has 0 fully saturated rings. The number of Topliss-reactive ketones (excluding diaryl/α,β-unsaturated/α-hetero) is 1. The van der Waals surface area contributed by atoms with E-state index in [1.54, 1.807) is 43.6 Å². The van der Waals surface area contributed by atoms with Crippen LogP contribution in [-0.4, -0.2) is 38.8 Å². The van der Waals surface area contributed by atoms with Gasteiger partial charge in [-0.3, -0.25) is 9.89 Å². The first-order valence-corrected chi connectivity index (χ1v) is 8.09. The van der Waals surface area contributed by atoms with Gasteiger partial charge in [0.2, 0.25) is 5.16 Å². The third kappa shape index (κ3) is 3.57. The van der Waals surface area contributed by atoms with Crippen LogP contribution in [0.3, 0.4) is 0 Å². The summed E-state index contributed by atoms with van der Waals surface area (Å²) in [5.41, 5.74) is 1.29. The third-order valence-electron chi connectivity index (χ3n) is 3.11. The lowest BCUT2D eigenvalue weighted by atomic mass is 10.2. The lowest BCUT2D eigenvalue weighted by Crippen LogP contribution is -2.02. The van der Waals surface area contributed by atoms with Gasteiger partial charge in [0.15, 0.2) is 11.6 Å². The Balaban J connectivity index is 1.73. The minimum atomic E-state index is -0.00770. The number of nitrogens with zero attached hydrogens (tertiary/aromatic N) is 2. The van der Waals surface area contributed by atoms with Crippen molar-refractivity contribution in [3.05, 3.63) is 47.2 Å². The van der Waals surface area contributed by atoms with Crippen LogP contribution in [0.1, 0.15) is 10.5 Å². The Morgan fingerprint density at radius 2 is 2.26 bits per heavy atom. The number of halogens is 1. The van der Waals surface area contributed by atoms with Gasteiger partial charge in [-0.05, 0) is 30.3 Å². The monoisotopic (exact) mass is 348 g/mol. The normalized spacial score (nSPS) is 10.7.